The van der Waals surface area contributed by atoms with E-state index in [-0.39, 0.29) is 16.1 Å². The number of anilines is 1. The van der Waals surface area contributed by atoms with E-state index < -0.39 is 28.3 Å². The lowest BCUT2D eigenvalue weighted by Crippen LogP contribution is -2.37. The molecule has 4 N–H and O–H groups in total. The lowest BCUT2D eigenvalue weighted by molar-refractivity contribution is -0.119. The molecule has 106 valence electrons. The van der Waals surface area contributed by atoms with Gasteiger partial charge in [0.05, 0.1) is 11.4 Å². The highest BCUT2D eigenvalue weighted by Gasteiger charge is 2.20. The molecule has 0 aromatic heterocycles. The number of benzene rings is 1. The van der Waals surface area contributed by atoms with Crippen LogP contribution in [0.15, 0.2) is 17.0 Å². The fourth-order valence-electron chi connectivity index (χ4n) is 1.45. The Balaban J connectivity index is 2.98. The molecule has 1 rings (SSSR count). The van der Waals surface area contributed by atoms with Crippen LogP contribution < -0.4 is 15.8 Å². The predicted molar refractivity (Wildman–Crippen MR) is 69.4 cm³/mol. The average Bonchev–Trinajstić information content (AvgIpc) is 2.31. The van der Waals surface area contributed by atoms with E-state index in [4.69, 9.17) is 5.73 Å². The Bertz CT molecular complexity index is 587. The summed E-state index contributed by atoms with van der Waals surface area (Å²) in [5, 5.41) is 2.44. The molecule has 0 heterocycles. The van der Waals surface area contributed by atoms with Gasteiger partial charge in [-0.3, -0.25) is 4.79 Å². The van der Waals surface area contributed by atoms with Crippen LogP contribution in [-0.2, 0) is 14.8 Å². The molecule has 1 aromatic carbocycles. The minimum absolute atomic E-state index is 0.00137. The van der Waals surface area contributed by atoms with Gasteiger partial charge in [0.15, 0.2) is 0 Å². The number of carbonyl (C=O) groups excluding carboxylic acids is 1. The minimum atomic E-state index is -3.98. The van der Waals surface area contributed by atoms with Gasteiger partial charge in [-0.2, -0.15) is 0 Å². The van der Waals surface area contributed by atoms with Gasteiger partial charge in [0.25, 0.3) is 0 Å². The molecule has 0 unspecified atom stereocenters. The zero-order valence-corrected chi connectivity index (χ0v) is 11.5. The van der Waals surface area contributed by atoms with E-state index in [0.29, 0.717) is 6.54 Å². The summed E-state index contributed by atoms with van der Waals surface area (Å²) in [5.41, 5.74) is 5.37. The smallest absolute Gasteiger partial charge is 0.241 e. The number of likely N-dealkylation sites (N-methyl/N-ethyl adjacent to an activating group) is 1. The molecule has 0 fully saturated rings. The Morgan fingerprint density at radius 1 is 1.42 bits per heavy atom. The van der Waals surface area contributed by atoms with Gasteiger partial charge in [-0.1, -0.05) is 0 Å². The summed E-state index contributed by atoms with van der Waals surface area (Å²) in [6.45, 7) is 3.03. The Kier molecular flexibility index (Phi) is 4.84. The number of carbonyl (C=O) groups is 1. The van der Waals surface area contributed by atoms with Crippen molar-refractivity contribution in [2.45, 2.75) is 18.7 Å². The first-order valence-electron chi connectivity index (χ1n) is 5.60. The molecular formula is C11H16FN3O3S. The first-order valence-corrected chi connectivity index (χ1v) is 7.08. The summed E-state index contributed by atoms with van der Waals surface area (Å²) in [6, 6.07) is 2.19. The number of amides is 1. The van der Waals surface area contributed by atoms with Crippen molar-refractivity contribution < 1.29 is 17.6 Å². The first kappa shape index (κ1) is 15.4. The van der Waals surface area contributed by atoms with E-state index in [1.54, 1.807) is 6.92 Å². The molecule has 0 bridgehead atoms. The van der Waals surface area contributed by atoms with E-state index in [1.807, 2.05) is 0 Å². The topological polar surface area (TPSA) is 101 Å². The maximum absolute atomic E-state index is 13.4. The Hall–Kier alpha value is -1.67. The van der Waals surface area contributed by atoms with Gasteiger partial charge in [0.2, 0.25) is 15.9 Å². The largest absolute Gasteiger partial charge is 0.399 e. The van der Waals surface area contributed by atoms with E-state index in [0.717, 1.165) is 12.1 Å². The number of nitrogens with one attached hydrogen (secondary N) is 2. The molecule has 1 aromatic rings. The molecule has 19 heavy (non-hydrogen) atoms. The van der Waals surface area contributed by atoms with Gasteiger partial charge in [-0.05, 0) is 26.0 Å². The Labute approximate surface area is 111 Å². The average molecular weight is 289 g/mol. The van der Waals surface area contributed by atoms with Crippen molar-refractivity contribution in [3.8, 4) is 0 Å². The third-order valence-corrected chi connectivity index (χ3v) is 3.93. The molecule has 0 aliphatic heterocycles. The van der Waals surface area contributed by atoms with Crippen LogP contribution in [0, 0.1) is 12.7 Å². The Morgan fingerprint density at radius 2 is 2.05 bits per heavy atom. The molecule has 0 atom stereocenters. The van der Waals surface area contributed by atoms with Crippen LogP contribution in [0.1, 0.15) is 12.5 Å². The zero-order valence-electron chi connectivity index (χ0n) is 10.7. The third-order valence-electron chi connectivity index (χ3n) is 2.41. The quantitative estimate of drug-likeness (QED) is 0.671. The molecule has 0 saturated heterocycles. The van der Waals surface area contributed by atoms with Crippen molar-refractivity contribution in [1.29, 1.82) is 0 Å². The molecule has 1 amide bonds. The van der Waals surface area contributed by atoms with Crippen LogP contribution in [0.5, 0.6) is 0 Å². The predicted octanol–water partition coefficient (Wildman–Crippen LogP) is 0.131. The maximum Gasteiger partial charge on any atom is 0.241 e. The monoisotopic (exact) mass is 289 g/mol. The van der Waals surface area contributed by atoms with Gasteiger partial charge < -0.3 is 11.1 Å². The number of hydrogen-bond acceptors (Lipinski definition) is 4. The van der Waals surface area contributed by atoms with Gasteiger partial charge in [-0.25, -0.2) is 17.5 Å². The summed E-state index contributed by atoms with van der Waals surface area (Å²) < 4.78 is 39.4. The minimum Gasteiger partial charge on any atom is -0.399 e. The van der Waals surface area contributed by atoms with Crippen LogP contribution in [0.4, 0.5) is 10.1 Å². The normalized spacial score (nSPS) is 11.3. The molecule has 0 aliphatic carbocycles. The lowest BCUT2D eigenvalue weighted by atomic mass is 10.2. The van der Waals surface area contributed by atoms with Crippen LogP contribution in [0.3, 0.4) is 0 Å². The van der Waals surface area contributed by atoms with Crippen molar-refractivity contribution in [3.05, 3.63) is 23.5 Å². The molecule has 6 nitrogen and oxygen atoms in total. The highest BCUT2D eigenvalue weighted by Crippen LogP contribution is 2.21. The summed E-state index contributed by atoms with van der Waals surface area (Å²) >= 11 is 0. The van der Waals surface area contributed by atoms with Gasteiger partial charge >= 0.3 is 0 Å². The van der Waals surface area contributed by atoms with Gasteiger partial charge in [-0.15, -0.1) is 0 Å². The maximum atomic E-state index is 13.4. The summed E-state index contributed by atoms with van der Waals surface area (Å²) in [4.78, 5) is 10.9. The van der Waals surface area contributed by atoms with Crippen LogP contribution >= 0.6 is 0 Å². The molecular weight excluding hydrogens is 273 g/mol. The fourth-order valence-corrected chi connectivity index (χ4v) is 2.72. The lowest BCUT2D eigenvalue weighted by Gasteiger charge is -2.10. The first-order chi connectivity index (χ1) is 8.77. The second-order valence-electron chi connectivity index (χ2n) is 3.90. The summed E-state index contributed by atoms with van der Waals surface area (Å²) in [5.74, 6) is -1.17. The van der Waals surface area contributed by atoms with Crippen LogP contribution in [-0.4, -0.2) is 27.4 Å². The molecule has 0 saturated carbocycles. The van der Waals surface area contributed by atoms with Crippen molar-refractivity contribution >= 4 is 21.6 Å². The van der Waals surface area contributed by atoms with Crippen molar-refractivity contribution in [2.24, 2.45) is 0 Å². The second kappa shape index (κ2) is 5.98. The second-order valence-corrected chi connectivity index (χ2v) is 5.64. The third kappa shape index (κ3) is 3.90. The number of hydrogen-bond donors (Lipinski definition) is 3. The van der Waals surface area contributed by atoms with Crippen molar-refractivity contribution in [1.82, 2.24) is 10.0 Å². The van der Waals surface area contributed by atoms with E-state index in [1.165, 1.54) is 6.92 Å². The Morgan fingerprint density at radius 3 is 2.63 bits per heavy atom. The number of sulfonamides is 1. The van der Waals surface area contributed by atoms with Crippen LogP contribution in [0.2, 0.25) is 0 Å². The van der Waals surface area contributed by atoms with E-state index in [2.05, 4.69) is 10.0 Å². The number of nitrogens with two attached hydrogens (primary N) is 1. The van der Waals surface area contributed by atoms with E-state index >= 15 is 0 Å². The SMILES string of the molecule is CCNC(=O)CNS(=O)(=O)c1cc(N)cc(F)c1C. The molecule has 8 heteroatoms. The molecule has 0 aliphatic rings. The number of rotatable bonds is 5. The summed E-state index contributed by atoms with van der Waals surface area (Å²) in [7, 11) is -3.98. The molecule has 0 spiro atoms. The van der Waals surface area contributed by atoms with Gasteiger partial charge in [0.1, 0.15) is 5.82 Å². The van der Waals surface area contributed by atoms with E-state index in [9.17, 15) is 17.6 Å². The number of nitrogen functional groups attached to an aromatic ring is 1. The highest BCUT2D eigenvalue weighted by atomic mass is 32.2. The highest BCUT2D eigenvalue weighted by molar-refractivity contribution is 7.89. The van der Waals surface area contributed by atoms with Crippen molar-refractivity contribution in [2.75, 3.05) is 18.8 Å². The zero-order chi connectivity index (χ0) is 14.6. The number of halogens is 1. The molecule has 0 radical (unpaired) electrons. The fraction of sp³-hybridized carbons (Fsp3) is 0.364. The summed E-state index contributed by atoms with van der Waals surface area (Å²) in [6.07, 6.45) is 0. The van der Waals surface area contributed by atoms with Crippen molar-refractivity contribution in [3.63, 3.8) is 0 Å². The van der Waals surface area contributed by atoms with Crippen LogP contribution in [0.25, 0.3) is 0 Å². The standard InChI is InChI=1S/C11H16FN3O3S/c1-3-14-11(16)6-15-19(17,18)10-5-8(13)4-9(12)7(10)2/h4-5,15H,3,6,13H2,1-2H3,(H,14,16). The van der Waals surface area contributed by atoms with Gasteiger partial charge in [0, 0.05) is 17.8 Å².